The summed E-state index contributed by atoms with van der Waals surface area (Å²) in [5.41, 5.74) is 2.87. The molecule has 1 saturated heterocycles. The maximum atomic E-state index is 10.4. The number of fused-ring (bicyclic) bond motifs is 1. The maximum absolute atomic E-state index is 10.4. The molecule has 5 N–H and O–H groups in total. The first-order chi connectivity index (χ1) is 17.0. The van der Waals surface area contributed by atoms with Gasteiger partial charge in [0.1, 0.15) is 41.7 Å². The molecule has 182 valence electrons. The fourth-order valence-corrected chi connectivity index (χ4v) is 4.27. The largest absolute Gasteiger partial charge is 0.461 e. The van der Waals surface area contributed by atoms with Gasteiger partial charge >= 0.3 is 0 Å². The predicted molar refractivity (Wildman–Crippen MR) is 128 cm³/mol. The molecule has 0 bridgehead atoms. The van der Waals surface area contributed by atoms with Gasteiger partial charge in [0.05, 0.1) is 6.61 Å². The Morgan fingerprint density at radius 1 is 0.800 bits per heavy atom. The van der Waals surface area contributed by atoms with Gasteiger partial charge in [-0.25, -0.2) is 0 Å². The number of para-hydroxylation sites is 1. The Morgan fingerprint density at radius 2 is 1.54 bits per heavy atom. The summed E-state index contributed by atoms with van der Waals surface area (Å²) in [5.74, 6) is 1.96. The Hall–Kier alpha value is -3.40. The minimum atomic E-state index is -1.51. The van der Waals surface area contributed by atoms with Gasteiger partial charge in [-0.1, -0.05) is 36.4 Å². The lowest BCUT2D eigenvalue weighted by Crippen LogP contribution is -2.60. The van der Waals surface area contributed by atoms with Crippen LogP contribution in [-0.4, -0.2) is 62.7 Å². The lowest BCUT2D eigenvalue weighted by Gasteiger charge is -2.39. The summed E-state index contributed by atoms with van der Waals surface area (Å²) in [6, 6.07) is 22.9. The van der Waals surface area contributed by atoms with Gasteiger partial charge < -0.3 is 39.6 Å². The molecule has 1 aromatic heterocycles. The van der Waals surface area contributed by atoms with Crippen LogP contribution in [0.25, 0.3) is 10.9 Å². The normalized spacial score (nSPS) is 24.4. The van der Waals surface area contributed by atoms with Crippen molar-refractivity contribution < 1.29 is 34.6 Å². The van der Waals surface area contributed by atoms with E-state index in [9.17, 15) is 20.4 Å². The Labute approximate surface area is 202 Å². The number of hydrogen-bond acceptors (Lipinski definition) is 7. The third-order valence-corrected chi connectivity index (χ3v) is 6.14. The standard InChI is InChI=1S/C27H27NO7/c29-15-22-24(30)25(31)26(32)27(35-22)34-21-8-4-7-20-23(21)17(14-28-20)13-16-9-11-19(12-10-16)33-18-5-2-1-3-6-18/h1-12,14,22,24-32H,13,15H2/t22-,24-,25+,26-,27-/m1/s1. The topological polar surface area (TPSA) is 124 Å². The average Bonchev–Trinajstić information content (AvgIpc) is 3.30. The van der Waals surface area contributed by atoms with Crippen LogP contribution in [0.15, 0.2) is 79.0 Å². The van der Waals surface area contributed by atoms with Gasteiger partial charge in [0.15, 0.2) is 0 Å². The van der Waals surface area contributed by atoms with Crippen LogP contribution in [0.3, 0.4) is 0 Å². The van der Waals surface area contributed by atoms with E-state index in [1.807, 2.05) is 66.9 Å². The van der Waals surface area contributed by atoms with E-state index in [0.717, 1.165) is 33.5 Å². The van der Waals surface area contributed by atoms with E-state index < -0.39 is 37.3 Å². The monoisotopic (exact) mass is 477 g/mol. The number of H-pyrrole nitrogens is 1. The molecular weight excluding hydrogens is 450 g/mol. The Kier molecular flexibility index (Phi) is 6.72. The number of aromatic nitrogens is 1. The van der Waals surface area contributed by atoms with Crippen molar-refractivity contribution in [1.82, 2.24) is 4.98 Å². The molecule has 8 heteroatoms. The second kappa shape index (κ2) is 10.1. The highest BCUT2D eigenvalue weighted by atomic mass is 16.7. The zero-order valence-corrected chi connectivity index (χ0v) is 18.8. The van der Waals surface area contributed by atoms with Gasteiger partial charge in [0, 0.05) is 17.1 Å². The first kappa shape index (κ1) is 23.3. The summed E-state index contributed by atoms with van der Waals surface area (Å²) in [7, 11) is 0. The van der Waals surface area contributed by atoms with Crippen molar-refractivity contribution >= 4 is 10.9 Å². The molecule has 0 spiro atoms. The molecule has 0 aliphatic carbocycles. The van der Waals surface area contributed by atoms with Gasteiger partial charge in [0.2, 0.25) is 6.29 Å². The van der Waals surface area contributed by atoms with Gasteiger partial charge in [0.25, 0.3) is 0 Å². The molecule has 1 fully saturated rings. The van der Waals surface area contributed by atoms with Gasteiger partial charge in [-0.05, 0) is 53.9 Å². The number of aliphatic hydroxyl groups is 4. The number of benzene rings is 3. The van der Waals surface area contributed by atoms with Crippen LogP contribution in [0.4, 0.5) is 0 Å². The average molecular weight is 478 g/mol. The summed E-state index contributed by atoms with van der Waals surface area (Å²) in [6.45, 7) is -0.519. The molecule has 8 nitrogen and oxygen atoms in total. The molecule has 3 aromatic carbocycles. The Balaban J connectivity index is 1.36. The summed E-state index contributed by atoms with van der Waals surface area (Å²) < 4.78 is 17.4. The number of ether oxygens (including phenoxy) is 3. The number of nitrogens with one attached hydrogen (secondary N) is 1. The van der Waals surface area contributed by atoms with Crippen LogP contribution in [0, 0.1) is 0 Å². The zero-order valence-electron chi connectivity index (χ0n) is 18.8. The summed E-state index contributed by atoms with van der Waals surface area (Å²) >= 11 is 0. The SMILES string of the molecule is OC[C@H]1O[C@@H](Oc2cccc3[nH]cc(Cc4ccc(Oc5ccccc5)cc4)c23)[C@H](O)[C@@H](O)[C@@H]1O. The van der Waals surface area contributed by atoms with Gasteiger partial charge in [-0.2, -0.15) is 0 Å². The second-order valence-corrected chi connectivity index (χ2v) is 8.54. The van der Waals surface area contributed by atoms with Gasteiger partial charge in [-0.3, -0.25) is 0 Å². The van der Waals surface area contributed by atoms with E-state index in [4.69, 9.17) is 14.2 Å². The Bertz CT molecular complexity index is 1260. The zero-order chi connectivity index (χ0) is 24.4. The fourth-order valence-electron chi connectivity index (χ4n) is 4.27. The molecule has 2 heterocycles. The molecule has 0 unspecified atom stereocenters. The molecule has 35 heavy (non-hydrogen) atoms. The predicted octanol–water partition coefficient (Wildman–Crippen LogP) is 2.73. The summed E-state index contributed by atoms with van der Waals surface area (Å²) in [6.07, 6.45) is -4.22. The highest BCUT2D eigenvalue weighted by molar-refractivity contribution is 5.89. The van der Waals surface area contributed by atoms with Crippen LogP contribution >= 0.6 is 0 Å². The number of aliphatic hydroxyl groups excluding tert-OH is 4. The van der Waals surface area contributed by atoms with Crippen molar-refractivity contribution in [3.8, 4) is 17.2 Å². The van der Waals surface area contributed by atoms with E-state index in [-0.39, 0.29) is 0 Å². The first-order valence-corrected chi connectivity index (χ1v) is 11.4. The van der Waals surface area contributed by atoms with Crippen molar-refractivity contribution in [2.75, 3.05) is 6.61 Å². The van der Waals surface area contributed by atoms with Crippen molar-refractivity contribution in [1.29, 1.82) is 0 Å². The van der Waals surface area contributed by atoms with Crippen LogP contribution < -0.4 is 9.47 Å². The van der Waals surface area contributed by atoms with Crippen LogP contribution in [-0.2, 0) is 11.2 Å². The van der Waals surface area contributed by atoms with Crippen LogP contribution in [0.5, 0.6) is 17.2 Å². The van der Waals surface area contributed by atoms with E-state index in [2.05, 4.69) is 4.98 Å². The third kappa shape index (κ3) is 4.88. The molecule has 0 radical (unpaired) electrons. The lowest BCUT2D eigenvalue weighted by atomic mass is 9.99. The maximum Gasteiger partial charge on any atom is 0.229 e. The Morgan fingerprint density at radius 3 is 2.29 bits per heavy atom. The molecule has 1 aliphatic rings. The smallest absolute Gasteiger partial charge is 0.229 e. The minimum absolute atomic E-state index is 0.451. The molecule has 0 saturated carbocycles. The van der Waals surface area contributed by atoms with E-state index in [0.29, 0.717) is 12.2 Å². The van der Waals surface area contributed by atoms with Crippen molar-refractivity contribution in [3.05, 3.63) is 90.1 Å². The van der Waals surface area contributed by atoms with E-state index >= 15 is 0 Å². The minimum Gasteiger partial charge on any atom is -0.461 e. The van der Waals surface area contributed by atoms with E-state index in [1.165, 1.54) is 0 Å². The fraction of sp³-hybridized carbons (Fsp3) is 0.259. The van der Waals surface area contributed by atoms with Crippen molar-refractivity contribution in [2.24, 2.45) is 0 Å². The quantitative estimate of drug-likeness (QED) is 0.277. The molecule has 0 amide bonds. The highest BCUT2D eigenvalue weighted by Gasteiger charge is 2.44. The third-order valence-electron chi connectivity index (χ3n) is 6.14. The summed E-state index contributed by atoms with van der Waals surface area (Å²) in [4.78, 5) is 3.24. The van der Waals surface area contributed by atoms with Gasteiger partial charge in [-0.15, -0.1) is 0 Å². The summed E-state index contributed by atoms with van der Waals surface area (Å²) in [5, 5.41) is 40.8. The number of aromatic amines is 1. The van der Waals surface area contributed by atoms with Crippen molar-refractivity contribution in [3.63, 3.8) is 0 Å². The second-order valence-electron chi connectivity index (χ2n) is 8.54. The first-order valence-electron chi connectivity index (χ1n) is 11.4. The number of hydrogen-bond donors (Lipinski definition) is 5. The van der Waals surface area contributed by atoms with Crippen LogP contribution in [0.1, 0.15) is 11.1 Å². The molecular formula is C27H27NO7. The van der Waals surface area contributed by atoms with Crippen LogP contribution in [0.2, 0.25) is 0 Å². The number of rotatable bonds is 7. The highest BCUT2D eigenvalue weighted by Crippen LogP contribution is 2.33. The molecule has 5 rings (SSSR count). The lowest BCUT2D eigenvalue weighted by molar-refractivity contribution is -0.277. The molecule has 4 aromatic rings. The van der Waals surface area contributed by atoms with E-state index in [1.54, 1.807) is 12.1 Å². The molecule has 1 aliphatic heterocycles. The van der Waals surface area contributed by atoms with Crippen molar-refractivity contribution in [2.45, 2.75) is 37.1 Å². The molecule has 5 atom stereocenters.